The number of likely N-dealkylation sites (N-methyl/N-ethyl adjacent to an activating group) is 1. The predicted molar refractivity (Wildman–Crippen MR) is 110 cm³/mol. The summed E-state index contributed by atoms with van der Waals surface area (Å²) in [7, 11) is 0. The number of hydrogen-bond acceptors (Lipinski definition) is 4. The first-order valence-electron chi connectivity index (χ1n) is 8.87. The van der Waals surface area contributed by atoms with E-state index in [0.29, 0.717) is 27.8 Å². The quantitative estimate of drug-likeness (QED) is 0.550. The predicted octanol–water partition coefficient (Wildman–Crippen LogP) is 5.08. The van der Waals surface area contributed by atoms with Crippen molar-refractivity contribution in [1.82, 2.24) is 9.88 Å². The van der Waals surface area contributed by atoms with Crippen molar-refractivity contribution < 1.29 is 9.18 Å². The normalized spacial score (nSPS) is 11.3. The lowest BCUT2D eigenvalue weighted by atomic mass is 10.2. The molecule has 0 aliphatic heterocycles. The van der Waals surface area contributed by atoms with Crippen LogP contribution in [-0.4, -0.2) is 42.0 Å². The van der Waals surface area contributed by atoms with Crippen LogP contribution in [0.1, 0.15) is 24.2 Å². The van der Waals surface area contributed by atoms with Gasteiger partial charge in [0, 0.05) is 23.7 Å². The van der Waals surface area contributed by atoms with Crippen LogP contribution in [0.3, 0.4) is 0 Å². The SMILES string of the molecule is CCN(CC)CCN(C(=O)c1ccc(Cl)cc1)c1nc2ccc(F)cc2s1. The zero-order valence-corrected chi connectivity index (χ0v) is 16.9. The topological polar surface area (TPSA) is 36.4 Å². The molecule has 0 radical (unpaired) electrons. The van der Waals surface area contributed by atoms with E-state index in [1.54, 1.807) is 35.2 Å². The van der Waals surface area contributed by atoms with Crippen LogP contribution < -0.4 is 4.90 Å². The molecule has 4 nitrogen and oxygen atoms in total. The van der Waals surface area contributed by atoms with Gasteiger partial charge in [-0.15, -0.1) is 0 Å². The summed E-state index contributed by atoms with van der Waals surface area (Å²) in [5.74, 6) is -0.449. The molecule has 0 atom stereocenters. The van der Waals surface area contributed by atoms with Crippen molar-refractivity contribution in [3.05, 3.63) is 58.9 Å². The minimum absolute atomic E-state index is 0.140. The highest BCUT2D eigenvalue weighted by molar-refractivity contribution is 7.22. The molecule has 0 unspecified atom stereocenters. The van der Waals surface area contributed by atoms with Gasteiger partial charge in [0.1, 0.15) is 5.82 Å². The smallest absolute Gasteiger partial charge is 0.260 e. The van der Waals surface area contributed by atoms with E-state index in [4.69, 9.17) is 11.6 Å². The van der Waals surface area contributed by atoms with Crippen LogP contribution in [0.5, 0.6) is 0 Å². The molecule has 7 heteroatoms. The van der Waals surface area contributed by atoms with Crippen molar-refractivity contribution in [2.75, 3.05) is 31.1 Å². The lowest BCUT2D eigenvalue weighted by Crippen LogP contribution is -2.38. The summed E-state index contributed by atoms with van der Waals surface area (Å²) in [4.78, 5) is 21.6. The lowest BCUT2D eigenvalue weighted by Gasteiger charge is -2.24. The molecule has 27 heavy (non-hydrogen) atoms. The second kappa shape index (κ2) is 8.78. The average Bonchev–Trinajstić information content (AvgIpc) is 3.08. The highest BCUT2D eigenvalue weighted by Crippen LogP contribution is 2.30. The summed E-state index contributed by atoms with van der Waals surface area (Å²) in [6, 6.07) is 11.3. The molecule has 0 fully saturated rings. The molecule has 0 saturated carbocycles. The van der Waals surface area contributed by atoms with E-state index in [1.807, 2.05) is 0 Å². The largest absolute Gasteiger partial charge is 0.302 e. The van der Waals surface area contributed by atoms with E-state index < -0.39 is 0 Å². The Kier molecular flexibility index (Phi) is 6.42. The summed E-state index contributed by atoms with van der Waals surface area (Å²) in [5.41, 5.74) is 1.23. The number of aromatic nitrogens is 1. The number of thiazole rings is 1. The molecule has 0 aliphatic carbocycles. The van der Waals surface area contributed by atoms with Crippen LogP contribution >= 0.6 is 22.9 Å². The summed E-state index contributed by atoms with van der Waals surface area (Å²) in [6.45, 7) is 7.24. The molecule has 3 aromatic rings. The minimum Gasteiger partial charge on any atom is -0.302 e. The number of fused-ring (bicyclic) bond motifs is 1. The molecule has 1 aromatic heterocycles. The summed E-state index contributed by atoms with van der Waals surface area (Å²) >= 11 is 7.27. The van der Waals surface area contributed by atoms with E-state index in [0.717, 1.165) is 24.3 Å². The van der Waals surface area contributed by atoms with Gasteiger partial charge in [-0.25, -0.2) is 9.37 Å². The third-order valence-corrected chi connectivity index (χ3v) is 5.73. The number of nitrogens with zero attached hydrogens (tertiary/aromatic N) is 3. The van der Waals surface area contributed by atoms with Crippen molar-refractivity contribution in [2.45, 2.75) is 13.8 Å². The van der Waals surface area contributed by atoms with Gasteiger partial charge in [0.05, 0.1) is 10.2 Å². The summed E-state index contributed by atoms with van der Waals surface area (Å²) in [5, 5.41) is 1.15. The van der Waals surface area contributed by atoms with Gasteiger partial charge in [-0.05, 0) is 55.6 Å². The van der Waals surface area contributed by atoms with Gasteiger partial charge in [-0.1, -0.05) is 36.8 Å². The molecule has 1 heterocycles. The third kappa shape index (κ3) is 4.64. The second-order valence-electron chi connectivity index (χ2n) is 6.10. The van der Waals surface area contributed by atoms with Crippen LogP contribution in [0.25, 0.3) is 10.2 Å². The first-order valence-corrected chi connectivity index (χ1v) is 10.1. The fraction of sp³-hybridized carbons (Fsp3) is 0.300. The van der Waals surface area contributed by atoms with Crippen LogP contribution in [0.4, 0.5) is 9.52 Å². The van der Waals surface area contributed by atoms with E-state index in [2.05, 4.69) is 23.7 Å². The second-order valence-corrected chi connectivity index (χ2v) is 7.54. The molecule has 0 bridgehead atoms. The maximum absolute atomic E-state index is 13.5. The zero-order valence-electron chi connectivity index (χ0n) is 15.3. The average molecular weight is 406 g/mol. The Labute approximate surface area is 167 Å². The lowest BCUT2D eigenvalue weighted by molar-refractivity contribution is 0.0984. The van der Waals surface area contributed by atoms with Crippen molar-refractivity contribution >= 4 is 44.2 Å². The number of benzene rings is 2. The Morgan fingerprint density at radius 3 is 2.48 bits per heavy atom. The maximum atomic E-state index is 13.5. The van der Waals surface area contributed by atoms with Gasteiger partial charge < -0.3 is 4.90 Å². The standard InChI is InChI=1S/C20H21ClFN3OS/c1-3-24(4-2)11-12-25(19(26)14-5-7-15(21)8-6-14)20-23-17-10-9-16(22)13-18(17)27-20/h5-10,13H,3-4,11-12H2,1-2H3. The van der Waals surface area contributed by atoms with Crippen LogP contribution in [0.15, 0.2) is 42.5 Å². The highest BCUT2D eigenvalue weighted by atomic mass is 35.5. The number of rotatable bonds is 7. The van der Waals surface area contributed by atoms with Gasteiger partial charge in [0.25, 0.3) is 5.91 Å². The van der Waals surface area contributed by atoms with Crippen molar-refractivity contribution in [3.63, 3.8) is 0 Å². The molecule has 2 aromatic carbocycles. The number of halogens is 2. The highest BCUT2D eigenvalue weighted by Gasteiger charge is 2.22. The number of carbonyl (C=O) groups excluding carboxylic acids is 1. The molecule has 0 aliphatic rings. The molecule has 1 amide bonds. The van der Waals surface area contributed by atoms with Gasteiger partial charge in [-0.3, -0.25) is 9.69 Å². The van der Waals surface area contributed by atoms with Crippen LogP contribution in [0.2, 0.25) is 5.02 Å². The molecule has 0 N–H and O–H groups in total. The molecular weight excluding hydrogens is 385 g/mol. The van der Waals surface area contributed by atoms with E-state index in [9.17, 15) is 9.18 Å². The fourth-order valence-electron chi connectivity index (χ4n) is 2.82. The summed E-state index contributed by atoms with van der Waals surface area (Å²) < 4.78 is 14.3. The van der Waals surface area contributed by atoms with Crippen molar-refractivity contribution in [1.29, 1.82) is 0 Å². The van der Waals surface area contributed by atoms with Crippen molar-refractivity contribution in [2.24, 2.45) is 0 Å². The van der Waals surface area contributed by atoms with E-state index >= 15 is 0 Å². The number of hydrogen-bond donors (Lipinski definition) is 0. The number of anilines is 1. The van der Waals surface area contributed by atoms with Gasteiger partial charge in [0.2, 0.25) is 0 Å². The van der Waals surface area contributed by atoms with Crippen LogP contribution in [-0.2, 0) is 0 Å². The first kappa shape index (κ1) is 19.7. The fourth-order valence-corrected chi connectivity index (χ4v) is 3.96. The molecular formula is C20H21ClFN3OS. The zero-order chi connectivity index (χ0) is 19.4. The molecule has 142 valence electrons. The molecule has 3 rings (SSSR count). The van der Waals surface area contributed by atoms with Crippen LogP contribution in [0, 0.1) is 5.82 Å². The maximum Gasteiger partial charge on any atom is 0.260 e. The Balaban J connectivity index is 1.94. The Hall–Kier alpha value is -2.02. The van der Waals surface area contributed by atoms with E-state index in [-0.39, 0.29) is 11.7 Å². The van der Waals surface area contributed by atoms with Crippen molar-refractivity contribution in [3.8, 4) is 0 Å². The van der Waals surface area contributed by atoms with Gasteiger partial charge >= 0.3 is 0 Å². The van der Waals surface area contributed by atoms with E-state index in [1.165, 1.54) is 23.5 Å². The first-order chi connectivity index (χ1) is 13.0. The van der Waals surface area contributed by atoms with Gasteiger partial charge in [-0.2, -0.15) is 0 Å². The minimum atomic E-state index is -0.309. The molecule has 0 spiro atoms. The van der Waals surface area contributed by atoms with Gasteiger partial charge in [0.15, 0.2) is 5.13 Å². The Bertz CT molecular complexity index is 925. The Morgan fingerprint density at radius 2 is 1.81 bits per heavy atom. The summed E-state index contributed by atoms with van der Waals surface area (Å²) in [6.07, 6.45) is 0. The molecule has 0 saturated heterocycles. The Morgan fingerprint density at radius 1 is 1.11 bits per heavy atom. The monoisotopic (exact) mass is 405 g/mol. The third-order valence-electron chi connectivity index (χ3n) is 4.44. The number of carbonyl (C=O) groups is 1. The number of amides is 1.